The second-order valence-electron chi connectivity index (χ2n) is 6.87. The topological polar surface area (TPSA) is 62.9 Å². The number of nitrogens with one attached hydrogen (secondary N) is 1. The second-order valence-corrected chi connectivity index (χ2v) is 6.87. The fraction of sp³-hybridized carbons (Fsp3) is 0.632. The first kappa shape index (κ1) is 17.1. The van der Waals surface area contributed by atoms with Crippen molar-refractivity contribution in [3.63, 3.8) is 0 Å². The lowest BCUT2D eigenvalue weighted by Gasteiger charge is -2.33. The highest BCUT2D eigenvalue weighted by atomic mass is 16.5. The molecular weight excluding hydrogens is 300 g/mol. The fourth-order valence-corrected chi connectivity index (χ4v) is 3.68. The van der Waals surface area contributed by atoms with Crippen LogP contribution in [0.4, 0.5) is 0 Å². The lowest BCUT2D eigenvalue weighted by atomic mass is 10.0. The Balaban J connectivity index is 1.45. The average molecular weight is 330 g/mol. The number of likely N-dealkylation sites (tertiary alicyclic amines) is 1. The third kappa shape index (κ3) is 4.41. The van der Waals surface area contributed by atoms with Gasteiger partial charge in [-0.05, 0) is 38.8 Å². The maximum Gasteiger partial charge on any atom is 0.189 e. The molecule has 2 unspecified atom stereocenters. The molecule has 2 atom stereocenters. The maximum absolute atomic E-state index is 6.09. The molecule has 1 aromatic rings. The first-order chi connectivity index (χ1) is 11.7. The van der Waals surface area contributed by atoms with Gasteiger partial charge in [-0.1, -0.05) is 24.6 Å². The summed E-state index contributed by atoms with van der Waals surface area (Å²) < 4.78 is 5.68. The number of fused-ring (bicyclic) bond motifs is 1. The third-order valence-corrected chi connectivity index (χ3v) is 5.11. The molecule has 24 heavy (non-hydrogen) atoms. The van der Waals surface area contributed by atoms with Crippen LogP contribution >= 0.6 is 0 Å². The van der Waals surface area contributed by atoms with Crippen LogP contribution in [0.15, 0.2) is 29.3 Å². The molecule has 2 heterocycles. The van der Waals surface area contributed by atoms with E-state index in [0.717, 1.165) is 44.3 Å². The van der Waals surface area contributed by atoms with Gasteiger partial charge in [0.2, 0.25) is 0 Å². The number of nitrogens with two attached hydrogens (primary N) is 1. The summed E-state index contributed by atoms with van der Waals surface area (Å²) >= 11 is 0. The monoisotopic (exact) mass is 330 g/mol. The molecule has 0 aliphatic carbocycles. The summed E-state index contributed by atoms with van der Waals surface area (Å²) in [6.45, 7) is 6.19. The smallest absolute Gasteiger partial charge is 0.189 e. The van der Waals surface area contributed by atoms with Gasteiger partial charge in [0.15, 0.2) is 5.96 Å². The van der Waals surface area contributed by atoms with Crippen molar-refractivity contribution in [1.82, 2.24) is 10.2 Å². The molecule has 2 aliphatic heterocycles. The van der Waals surface area contributed by atoms with E-state index in [1.54, 1.807) is 0 Å². The SMILES string of the molecule is CC1CCCCN1CCCN=C(N)NC1CCOc2ccccc21. The van der Waals surface area contributed by atoms with Crippen molar-refractivity contribution in [3.05, 3.63) is 29.8 Å². The van der Waals surface area contributed by atoms with Crippen molar-refractivity contribution >= 4 is 5.96 Å². The Bertz CT molecular complexity index is 560. The molecule has 0 bridgehead atoms. The molecule has 2 aliphatic rings. The summed E-state index contributed by atoms with van der Waals surface area (Å²) in [5.74, 6) is 1.50. The summed E-state index contributed by atoms with van der Waals surface area (Å²) in [7, 11) is 0. The molecule has 132 valence electrons. The van der Waals surface area contributed by atoms with Gasteiger partial charge < -0.3 is 20.7 Å². The van der Waals surface area contributed by atoms with Crippen LogP contribution in [0.1, 0.15) is 50.6 Å². The first-order valence-electron chi connectivity index (χ1n) is 9.26. The van der Waals surface area contributed by atoms with Crippen molar-refractivity contribution in [3.8, 4) is 5.75 Å². The molecule has 0 amide bonds. The number of hydrogen-bond acceptors (Lipinski definition) is 3. The Morgan fingerprint density at radius 3 is 3.08 bits per heavy atom. The highest BCUT2D eigenvalue weighted by Gasteiger charge is 2.21. The highest BCUT2D eigenvalue weighted by Crippen LogP contribution is 2.31. The van der Waals surface area contributed by atoms with E-state index in [1.165, 1.54) is 31.4 Å². The maximum atomic E-state index is 6.09. The molecule has 0 radical (unpaired) electrons. The number of para-hydroxylation sites is 1. The number of hydrogen-bond donors (Lipinski definition) is 2. The van der Waals surface area contributed by atoms with Gasteiger partial charge in [0.05, 0.1) is 12.6 Å². The Morgan fingerprint density at radius 1 is 1.33 bits per heavy atom. The molecule has 3 rings (SSSR count). The van der Waals surface area contributed by atoms with E-state index in [-0.39, 0.29) is 6.04 Å². The molecule has 0 saturated carbocycles. The minimum Gasteiger partial charge on any atom is -0.493 e. The van der Waals surface area contributed by atoms with Crippen LogP contribution in [0, 0.1) is 0 Å². The second kappa shape index (κ2) is 8.38. The van der Waals surface area contributed by atoms with Crippen LogP contribution in [0.2, 0.25) is 0 Å². The zero-order valence-corrected chi connectivity index (χ0v) is 14.7. The van der Waals surface area contributed by atoms with Crippen LogP contribution in [0.3, 0.4) is 0 Å². The molecule has 1 aromatic carbocycles. The van der Waals surface area contributed by atoms with E-state index < -0.39 is 0 Å². The number of piperidine rings is 1. The van der Waals surface area contributed by atoms with Crippen molar-refractivity contribution in [2.45, 2.75) is 51.1 Å². The van der Waals surface area contributed by atoms with E-state index in [9.17, 15) is 0 Å². The normalized spacial score (nSPS) is 25.0. The van der Waals surface area contributed by atoms with Gasteiger partial charge in [-0.2, -0.15) is 0 Å². The van der Waals surface area contributed by atoms with E-state index in [4.69, 9.17) is 10.5 Å². The van der Waals surface area contributed by atoms with E-state index >= 15 is 0 Å². The Morgan fingerprint density at radius 2 is 2.21 bits per heavy atom. The fourth-order valence-electron chi connectivity index (χ4n) is 3.68. The first-order valence-corrected chi connectivity index (χ1v) is 9.26. The van der Waals surface area contributed by atoms with Gasteiger partial charge in [0, 0.05) is 31.1 Å². The minimum atomic E-state index is 0.195. The Hall–Kier alpha value is -1.75. The Labute approximate surface area is 145 Å². The summed E-state index contributed by atoms with van der Waals surface area (Å²) in [5, 5.41) is 3.36. The van der Waals surface area contributed by atoms with Crippen molar-refractivity contribution in [2.24, 2.45) is 10.7 Å². The lowest BCUT2D eigenvalue weighted by Crippen LogP contribution is -2.39. The van der Waals surface area contributed by atoms with Crippen LogP contribution in [0.25, 0.3) is 0 Å². The molecule has 5 heteroatoms. The quantitative estimate of drug-likeness (QED) is 0.495. The zero-order chi connectivity index (χ0) is 16.8. The summed E-state index contributed by atoms with van der Waals surface area (Å²) in [5.41, 5.74) is 7.26. The number of benzene rings is 1. The summed E-state index contributed by atoms with van der Waals surface area (Å²) in [6, 6.07) is 9.06. The van der Waals surface area contributed by atoms with Gasteiger partial charge in [-0.15, -0.1) is 0 Å². The number of ether oxygens (including phenoxy) is 1. The number of rotatable bonds is 5. The standard InChI is InChI=1S/C19H30N4O/c1-15-7-4-5-12-23(15)13-6-11-21-19(20)22-17-10-14-24-18-9-3-2-8-16(17)18/h2-3,8-9,15,17H,4-7,10-14H2,1H3,(H3,20,21,22). The average Bonchev–Trinajstić information content (AvgIpc) is 2.60. The van der Waals surface area contributed by atoms with Gasteiger partial charge in [-0.25, -0.2) is 0 Å². The van der Waals surface area contributed by atoms with Crippen LogP contribution in [-0.2, 0) is 0 Å². The van der Waals surface area contributed by atoms with Crippen molar-refractivity contribution in [1.29, 1.82) is 0 Å². The summed E-state index contributed by atoms with van der Waals surface area (Å²) in [4.78, 5) is 7.10. The van der Waals surface area contributed by atoms with Crippen LogP contribution < -0.4 is 15.8 Å². The van der Waals surface area contributed by atoms with Crippen molar-refractivity contribution in [2.75, 3.05) is 26.2 Å². The largest absolute Gasteiger partial charge is 0.493 e. The molecule has 1 fully saturated rings. The highest BCUT2D eigenvalue weighted by molar-refractivity contribution is 5.78. The number of guanidine groups is 1. The predicted octanol–water partition coefficient (Wildman–Crippen LogP) is 2.68. The van der Waals surface area contributed by atoms with Gasteiger partial charge in [0.25, 0.3) is 0 Å². The molecular formula is C19H30N4O. The van der Waals surface area contributed by atoms with E-state index in [2.05, 4.69) is 28.2 Å². The van der Waals surface area contributed by atoms with E-state index in [1.807, 2.05) is 18.2 Å². The summed E-state index contributed by atoms with van der Waals surface area (Å²) in [6.07, 6.45) is 6.02. The zero-order valence-electron chi connectivity index (χ0n) is 14.7. The number of aliphatic imine (C=N–C) groups is 1. The number of nitrogens with zero attached hydrogens (tertiary/aromatic N) is 2. The minimum absolute atomic E-state index is 0.195. The van der Waals surface area contributed by atoms with Crippen LogP contribution in [0.5, 0.6) is 5.75 Å². The molecule has 0 aromatic heterocycles. The molecule has 5 nitrogen and oxygen atoms in total. The van der Waals surface area contributed by atoms with Gasteiger partial charge in [-0.3, -0.25) is 4.99 Å². The Kier molecular flexibility index (Phi) is 5.96. The van der Waals surface area contributed by atoms with E-state index in [0.29, 0.717) is 5.96 Å². The van der Waals surface area contributed by atoms with Crippen LogP contribution in [-0.4, -0.2) is 43.1 Å². The molecule has 1 saturated heterocycles. The third-order valence-electron chi connectivity index (χ3n) is 5.11. The molecule has 3 N–H and O–H groups in total. The lowest BCUT2D eigenvalue weighted by molar-refractivity contribution is 0.160. The van der Waals surface area contributed by atoms with Crippen molar-refractivity contribution < 1.29 is 4.74 Å². The van der Waals surface area contributed by atoms with Gasteiger partial charge in [0.1, 0.15) is 5.75 Å². The predicted molar refractivity (Wildman–Crippen MR) is 98.4 cm³/mol. The van der Waals surface area contributed by atoms with Gasteiger partial charge >= 0.3 is 0 Å². The molecule has 0 spiro atoms.